The molecule has 1 saturated heterocycles. The van der Waals surface area contributed by atoms with Gasteiger partial charge in [0, 0.05) is 31.0 Å². The van der Waals surface area contributed by atoms with Crippen LogP contribution in [0.25, 0.3) is 10.6 Å². The van der Waals surface area contributed by atoms with Crippen LogP contribution in [0.2, 0.25) is 0 Å². The summed E-state index contributed by atoms with van der Waals surface area (Å²) in [6.45, 7) is 4.01. The third kappa shape index (κ3) is 3.43. The Morgan fingerprint density at radius 2 is 1.96 bits per heavy atom. The highest BCUT2D eigenvalue weighted by Gasteiger charge is 2.27. The molecule has 122 valence electrons. The Morgan fingerprint density at radius 3 is 2.61 bits per heavy atom. The molecule has 23 heavy (non-hydrogen) atoms. The highest BCUT2D eigenvalue weighted by molar-refractivity contribution is 7.17. The van der Waals surface area contributed by atoms with E-state index >= 15 is 0 Å². The van der Waals surface area contributed by atoms with Gasteiger partial charge in [-0.2, -0.15) is 0 Å². The Morgan fingerprint density at radius 1 is 1.30 bits per heavy atom. The van der Waals surface area contributed by atoms with E-state index in [0.717, 1.165) is 47.1 Å². The monoisotopic (exact) mass is 330 g/mol. The number of pyridine rings is 1. The summed E-state index contributed by atoms with van der Waals surface area (Å²) < 4.78 is 0. The van der Waals surface area contributed by atoms with Crippen molar-refractivity contribution in [3.8, 4) is 10.6 Å². The lowest BCUT2D eigenvalue weighted by Crippen LogP contribution is -2.44. The standard InChI is InChI=1S/C17H22N4OS/c1-12-15(23-16(19-12)13-4-8-18-9-5-13)17(22)21(3)14-6-10-20(2)11-7-14/h4-5,8-9,14H,6-7,10-11H2,1-3H3. The molecule has 1 amide bonds. The first-order valence-corrected chi connectivity index (χ1v) is 8.71. The number of rotatable bonds is 3. The van der Waals surface area contributed by atoms with E-state index in [0.29, 0.717) is 6.04 Å². The molecule has 3 rings (SSSR count). The normalized spacial score (nSPS) is 16.5. The third-order valence-electron chi connectivity index (χ3n) is 4.47. The van der Waals surface area contributed by atoms with Gasteiger partial charge in [0.2, 0.25) is 0 Å². The molecule has 0 radical (unpaired) electrons. The zero-order valence-corrected chi connectivity index (χ0v) is 14.6. The minimum atomic E-state index is 0.0925. The molecule has 0 aliphatic carbocycles. The van der Waals surface area contributed by atoms with Crippen molar-refractivity contribution in [1.82, 2.24) is 19.8 Å². The number of thiazole rings is 1. The van der Waals surface area contributed by atoms with Gasteiger partial charge < -0.3 is 9.80 Å². The van der Waals surface area contributed by atoms with Gasteiger partial charge in [-0.05, 0) is 52.0 Å². The summed E-state index contributed by atoms with van der Waals surface area (Å²) in [4.78, 5) is 26.4. The summed E-state index contributed by atoms with van der Waals surface area (Å²) >= 11 is 1.47. The molecule has 0 saturated carbocycles. The first-order valence-electron chi connectivity index (χ1n) is 7.90. The quantitative estimate of drug-likeness (QED) is 0.868. The van der Waals surface area contributed by atoms with Gasteiger partial charge in [-0.3, -0.25) is 9.78 Å². The summed E-state index contributed by atoms with van der Waals surface area (Å²) in [7, 11) is 4.05. The number of amides is 1. The number of hydrogen-bond acceptors (Lipinski definition) is 5. The first kappa shape index (κ1) is 16.1. The molecule has 6 heteroatoms. The first-order chi connectivity index (χ1) is 11.1. The molecule has 0 aromatic carbocycles. The van der Waals surface area contributed by atoms with Gasteiger partial charge in [0.25, 0.3) is 5.91 Å². The van der Waals surface area contributed by atoms with Gasteiger partial charge in [0.15, 0.2) is 0 Å². The molecule has 1 fully saturated rings. The second-order valence-electron chi connectivity index (χ2n) is 6.12. The Kier molecular flexibility index (Phi) is 4.73. The van der Waals surface area contributed by atoms with Crippen molar-refractivity contribution in [1.29, 1.82) is 0 Å². The molecule has 1 aliphatic rings. The fourth-order valence-electron chi connectivity index (χ4n) is 2.92. The molecule has 1 aliphatic heterocycles. The smallest absolute Gasteiger partial charge is 0.265 e. The molecular formula is C17H22N4OS. The largest absolute Gasteiger partial charge is 0.338 e. The topological polar surface area (TPSA) is 49.3 Å². The average Bonchev–Trinajstić information content (AvgIpc) is 2.97. The van der Waals surface area contributed by atoms with Gasteiger partial charge in [-0.15, -0.1) is 11.3 Å². The summed E-state index contributed by atoms with van der Waals surface area (Å²) in [5.74, 6) is 0.0925. The maximum Gasteiger partial charge on any atom is 0.265 e. The van der Waals surface area contributed by atoms with E-state index in [9.17, 15) is 4.79 Å². The highest BCUT2D eigenvalue weighted by atomic mass is 32.1. The Hall–Kier alpha value is -1.79. The van der Waals surface area contributed by atoms with Crippen molar-refractivity contribution in [3.05, 3.63) is 35.1 Å². The van der Waals surface area contributed by atoms with Crippen LogP contribution in [0.5, 0.6) is 0 Å². The number of aromatic nitrogens is 2. The number of nitrogens with zero attached hydrogens (tertiary/aromatic N) is 4. The minimum absolute atomic E-state index is 0.0925. The van der Waals surface area contributed by atoms with Crippen LogP contribution in [-0.4, -0.2) is 58.9 Å². The lowest BCUT2D eigenvalue weighted by Gasteiger charge is -2.34. The van der Waals surface area contributed by atoms with E-state index < -0.39 is 0 Å². The van der Waals surface area contributed by atoms with E-state index in [2.05, 4.69) is 21.9 Å². The van der Waals surface area contributed by atoms with E-state index in [1.165, 1.54) is 11.3 Å². The maximum absolute atomic E-state index is 12.9. The predicted octanol–water partition coefficient (Wildman–Crippen LogP) is 2.68. The predicted molar refractivity (Wildman–Crippen MR) is 92.7 cm³/mol. The number of aryl methyl sites for hydroxylation is 1. The molecular weight excluding hydrogens is 308 g/mol. The third-order valence-corrected chi connectivity index (χ3v) is 5.67. The van der Waals surface area contributed by atoms with Gasteiger partial charge in [0.05, 0.1) is 5.69 Å². The van der Waals surface area contributed by atoms with Gasteiger partial charge >= 0.3 is 0 Å². The number of carbonyl (C=O) groups is 1. The van der Waals surface area contributed by atoms with Crippen molar-refractivity contribution in [2.75, 3.05) is 27.2 Å². The number of likely N-dealkylation sites (tertiary alicyclic amines) is 1. The van der Waals surface area contributed by atoms with Crippen molar-refractivity contribution < 1.29 is 4.79 Å². The van der Waals surface area contributed by atoms with E-state index in [1.54, 1.807) is 12.4 Å². The number of hydrogen-bond donors (Lipinski definition) is 0. The van der Waals surface area contributed by atoms with Crippen LogP contribution in [-0.2, 0) is 0 Å². The van der Waals surface area contributed by atoms with Crippen LogP contribution in [0.3, 0.4) is 0 Å². The lowest BCUT2D eigenvalue weighted by atomic mass is 10.0. The summed E-state index contributed by atoms with van der Waals surface area (Å²) in [5.41, 5.74) is 1.82. The summed E-state index contributed by atoms with van der Waals surface area (Å²) in [6.07, 6.45) is 5.57. The van der Waals surface area contributed by atoms with E-state index in [4.69, 9.17) is 0 Å². The Labute approximate surface area is 141 Å². The zero-order valence-electron chi connectivity index (χ0n) is 13.8. The van der Waals surface area contributed by atoms with Crippen LogP contribution in [0.4, 0.5) is 0 Å². The van der Waals surface area contributed by atoms with Crippen molar-refractivity contribution >= 4 is 17.2 Å². The summed E-state index contributed by atoms with van der Waals surface area (Å²) in [6, 6.07) is 4.17. The zero-order chi connectivity index (χ0) is 16.4. The summed E-state index contributed by atoms with van der Waals surface area (Å²) in [5, 5.41) is 0.880. The van der Waals surface area contributed by atoms with Crippen LogP contribution in [0, 0.1) is 6.92 Å². The van der Waals surface area contributed by atoms with Gasteiger partial charge in [-0.1, -0.05) is 0 Å². The molecule has 2 aromatic heterocycles. The molecule has 5 nitrogen and oxygen atoms in total. The second kappa shape index (κ2) is 6.76. The highest BCUT2D eigenvalue weighted by Crippen LogP contribution is 2.29. The van der Waals surface area contributed by atoms with E-state index in [-0.39, 0.29) is 5.91 Å². The molecule has 0 spiro atoms. The SMILES string of the molecule is Cc1nc(-c2ccncc2)sc1C(=O)N(C)C1CCN(C)CC1. The molecule has 0 bridgehead atoms. The molecule has 0 atom stereocenters. The Bertz CT molecular complexity index is 677. The fourth-order valence-corrected chi connectivity index (χ4v) is 3.98. The van der Waals surface area contributed by atoms with Crippen molar-refractivity contribution in [3.63, 3.8) is 0 Å². The van der Waals surface area contributed by atoms with Gasteiger partial charge in [-0.25, -0.2) is 4.98 Å². The van der Waals surface area contributed by atoms with Crippen LogP contribution in [0.15, 0.2) is 24.5 Å². The molecule has 0 N–H and O–H groups in total. The minimum Gasteiger partial charge on any atom is -0.338 e. The van der Waals surface area contributed by atoms with Crippen LogP contribution < -0.4 is 0 Å². The van der Waals surface area contributed by atoms with Crippen LogP contribution in [0.1, 0.15) is 28.2 Å². The van der Waals surface area contributed by atoms with Gasteiger partial charge in [0.1, 0.15) is 9.88 Å². The lowest BCUT2D eigenvalue weighted by molar-refractivity contribution is 0.0663. The molecule has 3 heterocycles. The van der Waals surface area contributed by atoms with Crippen molar-refractivity contribution in [2.24, 2.45) is 0 Å². The maximum atomic E-state index is 12.9. The Balaban J connectivity index is 1.78. The molecule has 2 aromatic rings. The van der Waals surface area contributed by atoms with E-state index in [1.807, 2.05) is 31.0 Å². The number of carbonyl (C=O) groups excluding carboxylic acids is 1. The number of piperidine rings is 1. The fraction of sp³-hybridized carbons (Fsp3) is 0.471. The van der Waals surface area contributed by atoms with Crippen molar-refractivity contribution in [2.45, 2.75) is 25.8 Å². The van der Waals surface area contributed by atoms with Crippen LogP contribution >= 0.6 is 11.3 Å². The average molecular weight is 330 g/mol. The second-order valence-corrected chi connectivity index (χ2v) is 7.12. The molecule has 0 unspecified atom stereocenters.